The van der Waals surface area contributed by atoms with Gasteiger partial charge in [0.25, 0.3) is 0 Å². The van der Waals surface area contributed by atoms with Crippen LogP contribution in [0.3, 0.4) is 0 Å². The van der Waals surface area contributed by atoms with Crippen molar-refractivity contribution in [3.8, 4) is 0 Å². The van der Waals surface area contributed by atoms with Gasteiger partial charge >= 0.3 is 23.1 Å². The Morgan fingerprint density at radius 1 is 0.833 bits per heavy atom. The molecule has 0 aliphatic heterocycles. The Kier molecular flexibility index (Phi) is 16.3. The summed E-state index contributed by atoms with van der Waals surface area (Å²) in [6.07, 6.45) is 0. The molecule has 0 aromatic heterocycles. The molecule has 66 valence electrons. The molecule has 1 aromatic rings. The summed E-state index contributed by atoms with van der Waals surface area (Å²) in [5, 5.41) is 3.11. The Balaban J connectivity index is -0.0000000597. The average molecular weight is 178 g/mol. The quantitative estimate of drug-likeness (QED) is 0.683. The van der Waals surface area contributed by atoms with E-state index in [4.69, 9.17) is 0 Å². The predicted octanol–water partition coefficient (Wildman–Crippen LogP) is 2.15. The van der Waals surface area contributed by atoms with Crippen LogP contribution in [0.5, 0.6) is 0 Å². The molecule has 0 bridgehead atoms. The van der Waals surface area contributed by atoms with E-state index < -0.39 is 0 Å². The summed E-state index contributed by atoms with van der Waals surface area (Å²) in [7, 11) is 0. The summed E-state index contributed by atoms with van der Waals surface area (Å²) in [4.78, 5) is 0. The molecule has 0 unspecified atom stereocenters. The van der Waals surface area contributed by atoms with Crippen LogP contribution in [0.4, 0.5) is 0 Å². The second-order valence-electron chi connectivity index (χ2n) is 2.11. The Morgan fingerprint density at radius 3 is 1.17 bits per heavy atom. The molecule has 12 heavy (non-hydrogen) atoms. The van der Waals surface area contributed by atoms with E-state index >= 15 is 0 Å². The molecule has 0 atom stereocenters. The third-order valence-corrected chi connectivity index (χ3v) is 1.17. The Morgan fingerprint density at radius 2 is 1.08 bits per heavy atom. The second-order valence-corrected chi connectivity index (χ2v) is 2.11. The van der Waals surface area contributed by atoms with Crippen LogP contribution in [-0.2, 0) is 0 Å². The maximum Gasteiger partial charge on any atom is 2.00 e. The van der Waals surface area contributed by atoms with Crippen molar-refractivity contribution < 1.29 is 2.85 Å². The van der Waals surface area contributed by atoms with Gasteiger partial charge in [-0.1, -0.05) is 50.2 Å². The zero-order valence-electron chi connectivity index (χ0n) is 10.1. The standard InChI is InChI=1S/C6H6.C4H11N.Mg.2H/c1-2-4-6-5-3-1;1-3-5-4-2;;;/h1-6H;5H,3-4H2,1-2H3;;;/q;;+2;2*-1. The zero-order valence-corrected chi connectivity index (χ0v) is 9.50. The summed E-state index contributed by atoms with van der Waals surface area (Å²) in [6.45, 7) is 6.39. The van der Waals surface area contributed by atoms with E-state index in [1.807, 2.05) is 36.4 Å². The fourth-order valence-corrected chi connectivity index (χ4v) is 0.635. The first-order valence-electron chi connectivity index (χ1n) is 4.12. The van der Waals surface area contributed by atoms with E-state index in [1.165, 1.54) is 0 Å². The fraction of sp³-hybridized carbons (Fsp3) is 0.400. The fourth-order valence-electron chi connectivity index (χ4n) is 0.635. The van der Waals surface area contributed by atoms with Gasteiger partial charge in [-0.05, 0) is 13.1 Å². The maximum atomic E-state index is 3.11. The van der Waals surface area contributed by atoms with Crippen LogP contribution in [0.15, 0.2) is 36.4 Å². The van der Waals surface area contributed by atoms with Gasteiger partial charge in [-0.2, -0.15) is 0 Å². The van der Waals surface area contributed by atoms with Crippen LogP contribution in [0.2, 0.25) is 0 Å². The summed E-state index contributed by atoms with van der Waals surface area (Å²) in [5.41, 5.74) is 0. The molecule has 0 radical (unpaired) electrons. The van der Waals surface area contributed by atoms with Gasteiger partial charge in [0.05, 0.1) is 0 Å². The van der Waals surface area contributed by atoms with E-state index in [2.05, 4.69) is 19.2 Å². The van der Waals surface area contributed by atoms with Crippen molar-refractivity contribution in [2.24, 2.45) is 0 Å². The first-order valence-corrected chi connectivity index (χ1v) is 4.12. The van der Waals surface area contributed by atoms with E-state index in [0.717, 1.165) is 13.1 Å². The SMILES string of the molecule is CCNCC.[H-].[H-].[Mg+2].c1ccccc1. The van der Waals surface area contributed by atoms with Gasteiger partial charge in [0.1, 0.15) is 0 Å². The van der Waals surface area contributed by atoms with Crippen molar-refractivity contribution in [1.82, 2.24) is 5.32 Å². The molecular formula is C10H19MgN. The summed E-state index contributed by atoms with van der Waals surface area (Å²) < 4.78 is 0. The Hall–Kier alpha value is -0.0538. The minimum absolute atomic E-state index is 0. The van der Waals surface area contributed by atoms with Crippen LogP contribution < -0.4 is 5.32 Å². The van der Waals surface area contributed by atoms with Gasteiger partial charge < -0.3 is 8.17 Å². The number of benzene rings is 1. The van der Waals surface area contributed by atoms with E-state index in [9.17, 15) is 0 Å². The van der Waals surface area contributed by atoms with Gasteiger partial charge in [-0.15, -0.1) is 0 Å². The second kappa shape index (κ2) is 13.5. The molecule has 1 rings (SSSR count). The van der Waals surface area contributed by atoms with Crippen molar-refractivity contribution >= 4 is 23.1 Å². The molecule has 1 N–H and O–H groups in total. The molecule has 0 heterocycles. The number of hydrogen-bond donors (Lipinski definition) is 1. The number of nitrogens with one attached hydrogen (secondary N) is 1. The molecule has 0 amide bonds. The monoisotopic (exact) mass is 177 g/mol. The number of hydrogen-bond acceptors (Lipinski definition) is 1. The third kappa shape index (κ3) is 12.6. The third-order valence-electron chi connectivity index (χ3n) is 1.17. The normalized spacial score (nSPS) is 7.50. The zero-order chi connectivity index (χ0) is 8.36. The smallest absolute Gasteiger partial charge is 1.00 e. The van der Waals surface area contributed by atoms with Crippen molar-refractivity contribution in [1.29, 1.82) is 0 Å². The Bertz CT molecular complexity index is 121. The molecule has 1 aromatic carbocycles. The predicted molar refractivity (Wildman–Crippen MR) is 58.6 cm³/mol. The van der Waals surface area contributed by atoms with Crippen molar-refractivity contribution in [3.05, 3.63) is 36.4 Å². The van der Waals surface area contributed by atoms with Crippen LogP contribution in [-0.4, -0.2) is 36.1 Å². The van der Waals surface area contributed by atoms with Gasteiger partial charge in [-0.3, -0.25) is 0 Å². The van der Waals surface area contributed by atoms with Gasteiger partial charge in [-0.25, -0.2) is 0 Å². The van der Waals surface area contributed by atoms with E-state index in [-0.39, 0.29) is 25.9 Å². The largest absolute Gasteiger partial charge is 2.00 e. The van der Waals surface area contributed by atoms with Crippen LogP contribution >= 0.6 is 0 Å². The molecule has 0 aliphatic carbocycles. The van der Waals surface area contributed by atoms with Gasteiger partial charge in [0, 0.05) is 0 Å². The minimum atomic E-state index is 0. The molecule has 0 spiro atoms. The first kappa shape index (κ1) is 14.5. The molecule has 0 saturated carbocycles. The van der Waals surface area contributed by atoms with Gasteiger partial charge in [0.15, 0.2) is 0 Å². The van der Waals surface area contributed by atoms with E-state index in [1.54, 1.807) is 0 Å². The molecule has 0 aliphatic rings. The minimum Gasteiger partial charge on any atom is -1.00 e. The molecule has 1 nitrogen and oxygen atoms in total. The molecule has 0 saturated heterocycles. The topological polar surface area (TPSA) is 12.0 Å². The van der Waals surface area contributed by atoms with Gasteiger partial charge in [0.2, 0.25) is 0 Å². The van der Waals surface area contributed by atoms with Crippen molar-refractivity contribution in [2.45, 2.75) is 13.8 Å². The molecule has 0 fully saturated rings. The van der Waals surface area contributed by atoms with Crippen LogP contribution in [0.25, 0.3) is 0 Å². The van der Waals surface area contributed by atoms with Crippen molar-refractivity contribution in [2.75, 3.05) is 13.1 Å². The summed E-state index contributed by atoms with van der Waals surface area (Å²) in [5.74, 6) is 0. The molecular weight excluding hydrogens is 158 g/mol. The number of rotatable bonds is 2. The maximum absolute atomic E-state index is 3.11. The van der Waals surface area contributed by atoms with Crippen LogP contribution in [0.1, 0.15) is 16.7 Å². The average Bonchev–Trinajstić information content (AvgIpc) is 2.10. The first-order chi connectivity index (χ1) is 5.41. The Labute approximate surface area is 94.7 Å². The summed E-state index contributed by atoms with van der Waals surface area (Å²) in [6, 6.07) is 12.0. The molecule has 2 heteroatoms. The van der Waals surface area contributed by atoms with E-state index in [0.29, 0.717) is 0 Å². The van der Waals surface area contributed by atoms with Crippen LogP contribution in [0, 0.1) is 0 Å². The summed E-state index contributed by atoms with van der Waals surface area (Å²) >= 11 is 0. The van der Waals surface area contributed by atoms with Crippen molar-refractivity contribution in [3.63, 3.8) is 0 Å².